The van der Waals surface area contributed by atoms with Crippen LogP contribution in [0.4, 0.5) is 14.5 Å². The molecule has 4 amide bonds. The fraction of sp³-hybridized carbons (Fsp3) is 0.457. The van der Waals surface area contributed by atoms with Gasteiger partial charge in [-0.2, -0.15) is 5.10 Å². The Morgan fingerprint density at radius 1 is 0.833 bits per heavy atom. The first-order valence-corrected chi connectivity index (χ1v) is 16.3. The van der Waals surface area contributed by atoms with E-state index in [9.17, 15) is 23.6 Å². The number of aromatic nitrogens is 2. The summed E-state index contributed by atoms with van der Waals surface area (Å²) in [5.74, 6) is -4.17. The smallest absolute Gasteiger partial charge is 0.270 e. The summed E-state index contributed by atoms with van der Waals surface area (Å²) in [6, 6.07) is 9.15. The van der Waals surface area contributed by atoms with Crippen molar-refractivity contribution in [3.8, 4) is 0 Å². The van der Waals surface area contributed by atoms with E-state index in [1.165, 1.54) is 53.3 Å². The molecule has 1 saturated heterocycles. The molecule has 1 aliphatic rings. The third-order valence-electron chi connectivity index (χ3n) is 8.85. The Bertz CT molecular complexity index is 1600. The van der Waals surface area contributed by atoms with E-state index >= 15 is 4.39 Å². The number of amides is 4. The number of piperazine rings is 1. The third-order valence-corrected chi connectivity index (χ3v) is 8.85. The molecule has 1 fully saturated rings. The fourth-order valence-corrected chi connectivity index (χ4v) is 5.72. The number of likely N-dealkylation sites (N-methyl/N-ethyl adjacent to an activating group) is 1. The molecule has 258 valence electrons. The molecule has 2 aromatic carbocycles. The lowest BCUT2D eigenvalue weighted by molar-refractivity contribution is -0.138. The van der Waals surface area contributed by atoms with Crippen LogP contribution in [-0.2, 0) is 14.4 Å². The summed E-state index contributed by atoms with van der Waals surface area (Å²) in [6.45, 7) is 11.3. The molecule has 11 nitrogen and oxygen atoms in total. The zero-order valence-corrected chi connectivity index (χ0v) is 28.3. The van der Waals surface area contributed by atoms with E-state index in [1.807, 2.05) is 20.9 Å². The van der Waals surface area contributed by atoms with Crippen molar-refractivity contribution < 1.29 is 28.0 Å². The van der Waals surface area contributed by atoms with Crippen LogP contribution < -0.4 is 16.0 Å². The lowest BCUT2D eigenvalue weighted by Crippen LogP contribution is -2.55. The van der Waals surface area contributed by atoms with Crippen LogP contribution in [-0.4, -0.2) is 88.5 Å². The van der Waals surface area contributed by atoms with Crippen LogP contribution in [0.3, 0.4) is 0 Å². The molecule has 0 bridgehead atoms. The van der Waals surface area contributed by atoms with E-state index < -0.39 is 47.4 Å². The molecule has 4 atom stereocenters. The number of benzene rings is 2. The summed E-state index contributed by atoms with van der Waals surface area (Å²) >= 11 is 0. The van der Waals surface area contributed by atoms with Gasteiger partial charge < -0.3 is 25.8 Å². The first-order valence-electron chi connectivity index (χ1n) is 16.3. The molecule has 0 unspecified atom stereocenters. The van der Waals surface area contributed by atoms with Gasteiger partial charge in [0.05, 0.1) is 5.69 Å². The van der Waals surface area contributed by atoms with E-state index in [0.29, 0.717) is 37.3 Å². The lowest BCUT2D eigenvalue weighted by atomic mass is 9.91. The van der Waals surface area contributed by atoms with Crippen LogP contribution in [0.2, 0.25) is 0 Å². The van der Waals surface area contributed by atoms with Gasteiger partial charge in [0.2, 0.25) is 17.7 Å². The largest absolute Gasteiger partial charge is 0.344 e. The second kappa shape index (κ2) is 16.0. The first-order chi connectivity index (χ1) is 22.8. The molecule has 1 aliphatic heterocycles. The SMILES string of the molecule is CCC(=O)N[C@@H](C(=O)N1CCN(C)CC1)[C@@H](C)c1ccc(NC(=O)[C@@H](NC(=O)c2ccnn2C(C)C)[C@@H](C)c2ccc(F)cc2)c(F)c1. The Morgan fingerprint density at radius 2 is 1.46 bits per heavy atom. The van der Waals surface area contributed by atoms with Crippen molar-refractivity contribution in [2.75, 3.05) is 38.5 Å². The van der Waals surface area contributed by atoms with Crippen LogP contribution in [0.15, 0.2) is 54.7 Å². The molecule has 48 heavy (non-hydrogen) atoms. The summed E-state index contributed by atoms with van der Waals surface area (Å²) in [5, 5.41) is 12.4. The van der Waals surface area contributed by atoms with Crippen molar-refractivity contribution >= 4 is 29.3 Å². The predicted molar refractivity (Wildman–Crippen MR) is 178 cm³/mol. The zero-order valence-electron chi connectivity index (χ0n) is 28.3. The van der Waals surface area contributed by atoms with Crippen molar-refractivity contribution in [1.82, 2.24) is 30.2 Å². The number of hydrogen-bond donors (Lipinski definition) is 3. The van der Waals surface area contributed by atoms with Crippen molar-refractivity contribution in [1.29, 1.82) is 0 Å². The summed E-state index contributed by atoms with van der Waals surface area (Å²) < 4.78 is 30.9. The van der Waals surface area contributed by atoms with Gasteiger partial charge in [-0.25, -0.2) is 8.78 Å². The maximum atomic E-state index is 15.7. The number of carbonyl (C=O) groups excluding carboxylic acids is 4. The highest BCUT2D eigenvalue weighted by Crippen LogP contribution is 2.27. The highest BCUT2D eigenvalue weighted by Gasteiger charge is 2.34. The topological polar surface area (TPSA) is 129 Å². The molecule has 3 aromatic rings. The van der Waals surface area contributed by atoms with Gasteiger partial charge in [0.15, 0.2) is 0 Å². The Kier molecular flexibility index (Phi) is 12.0. The molecule has 2 heterocycles. The molecule has 0 aliphatic carbocycles. The highest BCUT2D eigenvalue weighted by atomic mass is 19.1. The van der Waals surface area contributed by atoms with Gasteiger partial charge in [0.1, 0.15) is 29.4 Å². The quantitative estimate of drug-likeness (QED) is 0.268. The second-order valence-corrected chi connectivity index (χ2v) is 12.6. The van der Waals surface area contributed by atoms with E-state index in [1.54, 1.807) is 31.7 Å². The van der Waals surface area contributed by atoms with Crippen molar-refractivity contribution in [3.05, 3.63) is 83.2 Å². The van der Waals surface area contributed by atoms with E-state index in [0.717, 1.165) is 0 Å². The Balaban J connectivity index is 1.57. The summed E-state index contributed by atoms with van der Waals surface area (Å²) in [7, 11) is 1.98. The average Bonchev–Trinajstić information content (AvgIpc) is 3.57. The van der Waals surface area contributed by atoms with Gasteiger partial charge in [-0.15, -0.1) is 0 Å². The maximum Gasteiger partial charge on any atom is 0.270 e. The fourth-order valence-electron chi connectivity index (χ4n) is 5.72. The molecule has 4 rings (SSSR count). The summed E-state index contributed by atoms with van der Waals surface area (Å²) in [4.78, 5) is 56.9. The molecular weight excluding hydrogens is 620 g/mol. The van der Waals surface area contributed by atoms with Crippen LogP contribution in [0.5, 0.6) is 0 Å². The number of anilines is 1. The standard InChI is InChI=1S/C35H45F2N7O4/c1-7-30(45)40-32(35(48)43-18-16-42(6)17-19-43)23(5)25-10-13-28(27(37)20-25)39-34(47)31(22(4)24-8-11-26(36)12-9-24)41-33(46)29-14-15-38-44(29)21(2)3/h8-15,20-23,31-32H,7,16-19H2,1-6H3,(H,39,47)(H,40,45)(H,41,46)/t22-,23-,31-,32+/m0/s1. The average molecular weight is 666 g/mol. The van der Waals surface area contributed by atoms with E-state index in [4.69, 9.17) is 0 Å². The van der Waals surface area contributed by atoms with Crippen LogP contribution in [0.1, 0.15) is 80.5 Å². The van der Waals surface area contributed by atoms with Crippen molar-refractivity contribution in [2.24, 2.45) is 0 Å². The number of carbonyl (C=O) groups is 4. The molecule has 0 spiro atoms. The molecule has 13 heteroatoms. The first kappa shape index (κ1) is 36.2. The minimum absolute atomic E-state index is 0.121. The van der Waals surface area contributed by atoms with Crippen LogP contribution >= 0.6 is 0 Å². The minimum atomic E-state index is -1.17. The molecule has 0 radical (unpaired) electrons. The lowest BCUT2D eigenvalue weighted by Gasteiger charge is -2.36. The van der Waals surface area contributed by atoms with E-state index in [-0.39, 0.29) is 35.7 Å². The van der Waals surface area contributed by atoms with Gasteiger partial charge >= 0.3 is 0 Å². The van der Waals surface area contributed by atoms with Crippen molar-refractivity contribution in [3.63, 3.8) is 0 Å². The van der Waals surface area contributed by atoms with Gasteiger partial charge in [0, 0.05) is 56.7 Å². The highest BCUT2D eigenvalue weighted by molar-refractivity contribution is 6.01. The molecule has 1 aromatic heterocycles. The molecule has 0 saturated carbocycles. The van der Waals surface area contributed by atoms with Crippen LogP contribution in [0.25, 0.3) is 0 Å². The minimum Gasteiger partial charge on any atom is -0.344 e. The Labute approximate surface area is 280 Å². The molecule has 3 N–H and O–H groups in total. The number of halogens is 2. The Morgan fingerprint density at radius 3 is 2.06 bits per heavy atom. The van der Waals surface area contributed by atoms with Crippen molar-refractivity contribution in [2.45, 2.75) is 71.0 Å². The normalized spacial score (nSPS) is 16.1. The summed E-state index contributed by atoms with van der Waals surface area (Å²) in [6.07, 6.45) is 1.68. The van der Waals surface area contributed by atoms with Gasteiger partial charge in [-0.3, -0.25) is 23.9 Å². The molecular formula is C35H45F2N7O4. The van der Waals surface area contributed by atoms with E-state index in [2.05, 4.69) is 25.9 Å². The number of nitrogens with one attached hydrogen (secondary N) is 3. The van der Waals surface area contributed by atoms with Gasteiger partial charge in [0.25, 0.3) is 5.91 Å². The second-order valence-electron chi connectivity index (χ2n) is 12.6. The monoisotopic (exact) mass is 665 g/mol. The number of nitrogens with zero attached hydrogens (tertiary/aromatic N) is 4. The number of rotatable bonds is 12. The Hall–Kier alpha value is -4.65. The summed E-state index contributed by atoms with van der Waals surface area (Å²) in [5.41, 5.74) is 1.16. The maximum absolute atomic E-state index is 15.7. The predicted octanol–water partition coefficient (Wildman–Crippen LogP) is 4.06. The zero-order chi connectivity index (χ0) is 35.1. The third kappa shape index (κ3) is 8.62. The van der Waals surface area contributed by atoms with Crippen LogP contribution in [0, 0.1) is 11.6 Å². The van der Waals surface area contributed by atoms with Gasteiger partial charge in [-0.05, 0) is 62.4 Å². The number of hydrogen-bond acceptors (Lipinski definition) is 6. The van der Waals surface area contributed by atoms with Gasteiger partial charge in [-0.1, -0.05) is 39.0 Å².